The largest absolute Gasteiger partial charge is 0.493 e. The molecule has 1 N–H and O–H groups in total. The van der Waals surface area contributed by atoms with E-state index in [-0.39, 0.29) is 40.0 Å². The fourth-order valence-corrected chi connectivity index (χ4v) is 3.91. The van der Waals surface area contributed by atoms with Crippen LogP contribution in [0.4, 0.5) is 5.69 Å². The predicted molar refractivity (Wildman–Crippen MR) is 116 cm³/mol. The molecule has 1 aromatic heterocycles. The van der Waals surface area contributed by atoms with Gasteiger partial charge in [-0.25, -0.2) is 18.0 Å². The monoisotopic (exact) mass is 475 g/mol. The van der Waals surface area contributed by atoms with Gasteiger partial charge in [0.15, 0.2) is 11.5 Å². The maximum absolute atomic E-state index is 12.9. The zero-order chi connectivity index (χ0) is 24.0. The number of sulfonamides is 1. The number of para-hydroxylation sites is 1. The first kappa shape index (κ1) is 23.7. The molecule has 33 heavy (non-hydrogen) atoms. The summed E-state index contributed by atoms with van der Waals surface area (Å²) in [7, 11) is -0.0289. The lowest BCUT2D eigenvalue weighted by Crippen LogP contribution is -2.16. The van der Waals surface area contributed by atoms with Crippen molar-refractivity contribution in [3.63, 3.8) is 0 Å². The summed E-state index contributed by atoms with van der Waals surface area (Å²) in [5, 5.41) is 0. The van der Waals surface area contributed by atoms with Gasteiger partial charge in [-0.1, -0.05) is 12.1 Å². The standard InChI is InChI=1S/C22H21NO9S/c1-28-18-11-9-15(12-20(18)29-2)33(26,27)23-17-7-5-4-6-16(17)21(24)31-13-14-8-10-19(32-14)22(25)30-3/h4-12,23H,13H2,1-3H3. The Morgan fingerprint density at radius 3 is 2.33 bits per heavy atom. The van der Waals surface area contributed by atoms with E-state index in [1.807, 2.05) is 0 Å². The summed E-state index contributed by atoms with van der Waals surface area (Å²) in [5.74, 6) is -0.676. The highest BCUT2D eigenvalue weighted by molar-refractivity contribution is 7.92. The Hall–Kier alpha value is -3.99. The number of rotatable bonds is 9. The van der Waals surface area contributed by atoms with Gasteiger partial charge in [0.2, 0.25) is 5.76 Å². The lowest BCUT2D eigenvalue weighted by Gasteiger charge is -2.13. The number of ether oxygens (including phenoxy) is 4. The maximum Gasteiger partial charge on any atom is 0.373 e. The predicted octanol–water partition coefficient (Wildman–Crippen LogP) is 3.24. The van der Waals surface area contributed by atoms with E-state index < -0.39 is 22.0 Å². The van der Waals surface area contributed by atoms with Crippen LogP contribution in [-0.4, -0.2) is 41.7 Å². The molecule has 0 spiro atoms. The van der Waals surface area contributed by atoms with E-state index >= 15 is 0 Å². The number of hydrogen-bond acceptors (Lipinski definition) is 9. The van der Waals surface area contributed by atoms with Crippen LogP contribution in [-0.2, 0) is 26.1 Å². The Balaban J connectivity index is 1.77. The van der Waals surface area contributed by atoms with Crippen molar-refractivity contribution in [2.75, 3.05) is 26.1 Å². The van der Waals surface area contributed by atoms with Crippen LogP contribution >= 0.6 is 0 Å². The van der Waals surface area contributed by atoms with Gasteiger partial charge in [0.05, 0.1) is 37.5 Å². The molecule has 3 aromatic rings. The zero-order valence-electron chi connectivity index (χ0n) is 18.0. The molecule has 0 bridgehead atoms. The molecule has 0 fully saturated rings. The Morgan fingerprint density at radius 2 is 1.64 bits per heavy atom. The van der Waals surface area contributed by atoms with E-state index in [0.717, 1.165) is 0 Å². The van der Waals surface area contributed by atoms with Gasteiger partial charge in [0, 0.05) is 6.07 Å². The van der Waals surface area contributed by atoms with Gasteiger partial charge in [0.1, 0.15) is 12.4 Å². The van der Waals surface area contributed by atoms with E-state index in [2.05, 4.69) is 9.46 Å². The topological polar surface area (TPSA) is 130 Å². The summed E-state index contributed by atoms with van der Waals surface area (Å²) in [4.78, 5) is 24.0. The van der Waals surface area contributed by atoms with Crippen LogP contribution in [0.2, 0.25) is 0 Å². The minimum Gasteiger partial charge on any atom is -0.493 e. The molecule has 10 nitrogen and oxygen atoms in total. The third kappa shape index (κ3) is 5.44. The summed E-state index contributed by atoms with van der Waals surface area (Å²) in [6.45, 7) is -0.271. The van der Waals surface area contributed by atoms with Crippen LogP contribution in [0, 0.1) is 0 Å². The quantitative estimate of drug-likeness (QED) is 0.463. The van der Waals surface area contributed by atoms with Crippen LogP contribution in [0.15, 0.2) is 63.9 Å². The minimum absolute atomic E-state index is 0.0127. The Kier molecular flexibility index (Phi) is 7.23. The molecule has 0 radical (unpaired) electrons. The lowest BCUT2D eigenvalue weighted by atomic mass is 10.2. The van der Waals surface area contributed by atoms with Gasteiger partial charge >= 0.3 is 11.9 Å². The number of hydrogen-bond donors (Lipinski definition) is 1. The Bertz CT molecular complexity index is 1260. The number of carbonyl (C=O) groups is 2. The van der Waals surface area contributed by atoms with Gasteiger partial charge in [-0.3, -0.25) is 4.72 Å². The Morgan fingerprint density at radius 1 is 0.909 bits per heavy atom. The molecule has 174 valence electrons. The van der Waals surface area contributed by atoms with Crippen molar-refractivity contribution >= 4 is 27.6 Å². The maximum atomic E-state index is 12.9. The van der Waals surface area contributed by atoms with E-state index in [4.69, 9.17) is 18.6 Å². The van der Waals surface area contributed by atoms with Gasteiger partial charge < -0.3 is 23.4 Å². The minimum atomic E-state index is -4.07. The molecular formula is C22H21NO9S. The van der Waals surface area contributed by atoms with Gasteiger partial charge in [-0.2, -0.15) is 0 Å². The van der Waals surface area contributed by atoms with Crippen molar-refractivity contribution in [2.24, 2.45) is 0 Å². The number of nitrogens with one attached hydrogen (secondary N) is 1. The second kappa shape index (κ2) is 10.1. The number of benzene rings is 2. The molecule has 1 heterocycles. The summed E-state index contributed by atoms with van der Waals surface area (Å²) in [5.41, 5.74) is 0.00767. The van der Waals surface area contributed by atoms with Gasteiger partial charge in [0.25, 0.3) is 10.0 Å². The molecule has 0 aliphatic carbocycles. The summed E-state index contributed by atoms with van der Waals surface area (Å²) in [6, 6.07) is 12.9. The molecule has 2 aromatic carbocycles. The Labute approximate surface area is 190 Å². The smallest absolute Gasteiger partial charge is 0.373 e. The van der Waals surface area contributed by atoms with Gasteiger partial charge in [-0.15, -0.1) is 0 Å². The van der Waals surface area contributed by atoms with Crippen LogP contribution in [0.3, 0.4) is 0 Å². The van der Waals surface area contributed by atoms with Crippen molar-refractivity contribution in [2.45, 2.75) is 11.5 Å². The number of methoxy groups -OCH3 is 3. The number of carbonyl (C=O) groups excluding carboxylic acids is 2. The molecule has 0 amide bonds. The summed E-state index contributed by atoms with van der Waals surface area (Å²) >= 11 is 0. The number of furan rings is 1. The highest BCUT2D eigenvalue weighted by Gasteiger charge is 2.21. The van der Waals surface area contributed by atoms with Crippen molar-refractivity contribution in [3.8, 4) is 11.5 Å². The highest BCUT2D eigenvalue weighted by Crippen LogP contribution is 2.30. The second-order valence-corrected chi connectivity index (χ2v) is 8.18. The van der Waals surface area contributed by atoms with E-state index in [9.17, 15) is 18.0 Å². The molecule has 0 aliphatic heterocycles. The van der Waals surface area contributed by atoms with Crippen molar-refractivity contribution in [1.82, 2.24) is 0 Å². The van der Waals surface area contributed by atoms with Crippen LogP contribution < -0.4 is 14.2 Å². The fraction of sp³-hybridized carbons (Fsp3) is 0.182. The van der Waals surface area contributed by atoms with Crippen molar-refractivity contribution in [3.05, 3.63) is 71.7 Å². The molecule has 0 atom stereocenters. The SMILES string of the molecule is COC(=O)c1ccc(COC(=O)c2ccccc2NS(=O)(=O)c2ccc(OC)c(OC)c2)o1. The third-order valence-corrected chi connectivity index (χ3v) is 5.81. The average molecular weight is 475 g/mol. The fourth-order valence-electron chi connectivity index (χ4n) is 2.82. The van der Waals surface area contributed by atoms with Crippen LogP contribution in [0.1, 0.15) is 26.7 Å². The summed E-state index contributed by atoms with van der Waals surface area (Å²) < 4.78 is 53.5. The highest BCUT2D eigenvalue weighted by atomic mass is 32.2. The first-order valence-corrected chi connectivity index (χ1v) is 11.0. The summed E-state index contributed by atoms with van der Waals surface area (Å²) in [6.07, 6.45) is 0. The van der Waals surface area contributed by atoms with Crippen LogP contribution in [0.5, 0.6) is 11.5 Å². The van der Waals surface area contributed by atoms with E-state index in [0.29, 0.717) is 5.75 Å². The third-order valence-electron chi connectivity index (χ3n) is 4.45. The lowest BCUT2D eigenvalue weighted by molar-refractivity contribution is 0.0439. The van der Waals surface area contributed by atoms with E-state index in [1.165, 1.54) is 63.8 Å². The average Bonchev–Trinajstić information content (AvgIpc) is 3.30. The number of esters is 2. The van der Waals surface area contributed by atoms with E-state index in [1.54, 1.807) is 12.1 Å². The first-order valence-electron chi connectivity index (χ1n) is 9.47. The first-order chi connectivity index (χ1) is 15.8. The number of anilines is 1. The van der Waals surface area contributed by atoms with Gasteiger partial charge in [-0.05, 0) is 36.4 Å². The molecule has 0 unspecified atom stereocenters. The zero-order valence-corrected chi connectivity index (χ0v) is 18.8. The van der Waals surface area contributed by atoms with Crippen LogP contribution in [0.25, 0.3) is 0 Å². The normalized spacial score (nSPS) is 10.9. The molecular weight excluding hydrogens is 454 g/mol. The molecule has 0 aliphatic rings. The molecule has 3 rings (SSSR count). The second-order valence-electron chi connectivity index (χ2n) is 6.50. The van der Waals surface area contributed by atoms with Crippen molar-refractivity contribution < 1.29 is 41.4 Å². The molecule has 11 heteroatoms. The van der Waals surface area contributed by atoms with Crippen molar-refractivity contribution in [1.29, 1.82) is 0 Å². The molecule has 0 saturated carbocycles. The molecule has 0 saturated heterocycles.